The highest BCUT2D eigenvalue weighted by molar-refractivity contribution is 5.73. The summed E-state index contributed by atoms with van der Waals surface area (Å²) in [6.45, 7) is 1.07. The molecule has 4 N–H and O–H groups in total. The van der Waals surface area contributed by atoms with E-state index in [-0.39, 0.29) is 5.41 Å². The van der Waals surface area contributed by atoms with Crippen LogP contribution in [0.4, 0.5) is 0 Å². The highest BCUT2D eigenvalue weighted by Gasteiger charge is 2.43. The first-order valence-electron chi connectivity index (χ1n) is 4.84. The minimum atomic E-state index is -0.965. The zero-order chi connectivity index (χ0) is 10.9. The Morgan fingerprint density at radius 1 is 1.73 bits per heavy atom. The average Bonchev–Trinajstić information content (AvgIpc) is 2.63. The van der Waals surface area contributed by atoms with E-state index in [1.54, 1.807) is 0 Å². The van der Waals surface area contributed by atoms with Crippen LogP contribution >= 0.6 is 0 Å². The topological polar surface area (TPSA) is 88.3 Å². The molecule has 1 saturated heterocycles. The van der Waals surface area contributed by atoms with Gasteiger partial charge in [-0.25, -0.2) is 0 Å². The van der Waals surface area contributed by atoms with Gasteiger partial charge in [-0.05, 0) is 18.6 Å². The van der Waals surface area contributed by atoms with Crippen molar-refractivity contribution in [1.29, 1.82) is 0 Å². The maximum atomic E-state index is 10.7. The van der Waals surface area contributed by atoms with Crippen molar-refractivity contribution in [2.24, 2.45) is 5.73 Å². The van der Waals surface area contributed by atoms with Crippen LogP contribution in [0, 0.1) is 0 Å². The van der Waals surface area contributed by atoms with E-state index in [1.165, 1.54) is 0 Å². The molecule has 1 aromatic rings. The van der Waals surface area contributed by atoms with Gasteiger partial charge in [-0.15, -0.1) is 0 Å². The van der Waals surface area contributed by atoms with Crippen molar-refractivity contribution in [2.75, 3.05) is 13.2 Å². The van der Waals surface area contributed by atoms with Crippen LogP contribution in [0.5, 0.6) is 0 Å². The number of ether oxygens (including phenoxy) is 1. The van der Waals surface area contributed by atoms with Crippen LogP contribution in [-0.2, 0) is 14.9 Å². The Labute approximate surface area is 87.2 Å². The summed E-state index contributed by atoms with van der Waals surface area (Å²) in [5, 5.41) is 8.79. The second-order valence-corrected chi connectivity index (χ2v) is 4.01. The molecular weight excluding hydrogens is 196 g/mol. The predicted octanol–water partition coefficient (Wildman–Crippen LogP) is 0.0847. The summed E-state index contributed by atoms with van der Waals surface area (Å²) < 4.78 is 5.17. The fourth-order valence-corrected chi connectivity index (χ4v) is 1.90. The SMILES string of the molecule is NC(CC1(c2ccc[nH]2)COC1)C(=O)O. The van der Waals surface area contributed by atoms with E-state index in [9.17, 15) is 4.79 Å². The second-order valence-electron chi connectivity index (χ2n) is 4.01. The van der Waals surface area contributed by atoms with E-state index in [1.807, 2.05) is 18.3 Å². The molecule has 1 aromatic heterocycles. The number of aromatic nitrogens is 1. The number of carboxylic acid groups (broad SMARTS) is 1. The summed E-state index contributed by atoms with van der Waals surface area (Å²) in [7, 11) is 0. The van der Waals surface area contributed by atoms with Crippen molar-refractivity contribution in [3.8, 4) is 0 Å². The summed E-state index contributed by atoms with van der Waals surface area (Å²) in [6, 6.07) is 3.00. The maximum Gasteiger partial charge on any atom is 0.320 e. The van der Waals surface area contributed by atoms with Crippen LogP contribution < -0.4 is 5.73 Å². The van der Waals surface area contributed by atoms with E-state index in [4.69, 9.17) is 15.6 Å². The zero-order valence-electron chi connectivity index (χ0n) is 8.27. The number of aliphatic carboxylic acids is 1. The molecule has 2 heterocycles. The van der Waals surface area contributed by atoms with Crippen LogP contribution in [-0.4, -0.2) is 35.3 Å². The van der Waals surface area contributed by atoms with Gasteiger partial charge in [-0.3, -0.25) is 4.79 Å². The quantitative estimate of drug-likeness (QED) is 0.657. The molecule has 0 saturated carbocycles. The van der Waals surface area contributed by atoms with Gasteiger partial charge in [-0.2, -0.15) is 0 Å². The lowest BCUT2D eigenvalue weighted by Gasteiger charge is -2.41. The Morgan fingerprint density at radius 3 is 2.87 bits per heavy atom. The highest BCUT2D eigenvalue weighted by Crippen LogP contribution is 2.35. The molecule has 1 aliphatic rings. The fraction of sp³-hybridized carbons (Fsp3) is 0.500. The van der Waals surface area contributed by atoms with Crippen molar-refractivity contribution in [1.82, 2.24) is 4.98 Å². The van der Waals surface area contributed by atoms with Crippen LogP contribution in [0.25, 0.3) is 0 Å². The van der Waals surface area contributed by atoms with Crippen molar-refractivity contribution in [3.05, 3.63) is 24.0 Å². The van der Waals surface area contributed by atoms with Gasteiger partial charge in [-0.1, -0.05) is 0 Å². The molecule has 1 fully saturated rings. The first kappa shape index (κ1) is 10.2. The molecular formula is C10H14N2O3. The third kappa shape index (κ3) is 1.75. The van der Waals surface area contributed by atoms with Crippen molar-refractivity contribution >= 4 is 5.97 Å². The molecule has 1 aliphatic heterocycles. The van der Waals surface area contributed by atoms with Gasteiger partial charge in [0.15, 0.2) is 0 Å². The standard InChI is InChI=1S/C10H14N2O3/c11-7(9(13)14)4-10(5-15-6-10)8-2-1-3-12-8/h1-3,7,12H,4-6,11H2,(H,13,14). The minimum absolute atomic E-state index is 0.235. The lowest BCUT2D eigenvalue weighted by Crippen LogP contribution is -2.52. The van der Waals surface area contributed by atoms with Gasteiger partial charge in [0.2, 0.25) is 0 Å². The number of aromatic amines is 1. The molecule has 5 heteroatoms. The molecule has 1 unspecified atom stereocenters. The number of nitrogens with two attached hydrogens (primary N) is 1. The molecule has 5 nitrogen and oxygen atoms in total. The van der Waals surface area contributed by atoms with Crippen molar-refractivity contribution in [2.45, 2.75) is 17.9 Å². The molecule has 15 heavy (non-hydrogen) atoms. The second kappa shape index (κ2) is 3.67. The molecule has 82 valence electrons. The van der Waals surface area contributed by atoms with Crippen LogP contribution in [0.1, 0.15) is 12.1 Å². The van der Waals surface area contributed by atoms with E-state index in [2.05, 4.69) is 4.98 Å². The van der Waals surface area contributed by atoms with E-state index in [0.717, 1.165) is 5.69 Å². The molecule has 0 radical (unpaired) electrons. The fourth-order valence-electron chi connectivity index (χ4n) is 1.90. The number of hydrogen-bond donors (Lipinski definition) is 3. The highest BCUT2D eigenvalue weighted by atomic mass is 16.5. The summed E-state index contributed by atoms with van der Waals surface area (Å²) in [4.78, 5) is 13.8. The molecule has 2 rings (SSSR count). The molecule has 0 aliphatic carbocycles. The molecule has 0 aromatic carbocycles. The van der Waals surface area contributed by atoms with Gasteiger partial charge in [0.05, 0.1) is 18.6 Å². The van der Waals surface area contributed by atoms with E-state index in [0.29, 0.717) is 19.6 Å². The number of H-pyrrole nitrogens is 1. The summed E-state index contributed by atoms with van der Waals surface area (Å²) in [6.07, 6.45) is 2.23. The van der Waals surface area contributed by atoms with Gasteiger partial charge in [0, 0.05) is 11.9 Å². The van der Waals surface area contributed by atoms with Crippen LogP contribution in [0.3, 0.4) is 0 Å². The van der Waals surface area contributed by atoms with Gasteiger partial charge in [0.25, 0.3) is 0 Å². The summed E-state index contributed by atoms with van der Waals surface area (Å²) >= 11 is 0. The van der Waals surface area contributed by atoms with Crippen molar-refractivity contribution < 1.29 is 14.6 Å². The van der Waals surface area contributed by atoms with Crippen LogP contribution in [0.2, 0.25) is 0 Å². The Bertz CT molecular complexity index is 344. The van der Waals surface area contributed by atoms with Gasteiger partial charge < -0.3 is 20.6 Å². The number of nitrogens with one attached hydrogen (secondary N) is 1. The largest absolute Gasteiger partial charge is 0.480 e. The van der Waals surface area contributed by atoms with Gasteiger partial charge >= 0.3 is 5.97 Å². The molecule has 0 bridgehead atoms. The van der Waals surface area contributed by atoms with E-state index >= 15 is 0 Å². The number of carbonyl (C=O) groups is 1. The number of carboxylic acids is 1. The molecule has 0 spiro atoms. The molecule has 1 atom stereocenters. The normalized spacial score (nSPS) is 20.6. The summed E-state index contributed by atoms with van der Waals surface area (Å²) in [5.74, 6) is -0.965. The third-order valence-electron chi connectivity index (χ3n) is 2.85. The molecule has 0 amide bonds. The lowest BCUT2D eigenvalue weighted by molar-refractivity contribution is -0.141. The maximum absolute atomic E-state index is 10.7. The van der Waals surface area contributed by atoms with Crippen molar-refractivity contribution in [3.63, 3.8) is 0 Å². The smallest absolute Gasteiger partial charge is 0.320 e. The lowest BCUT2D eigenvalue weighted by atomic mass is 9.77. The van der Waals surface area contributed by atoms with Gasteiger partial charge in [0.1, 0.15) is 6.04 Å². The van der Waals surface area contributed by atoms with E-state index < -0.39 is 12.0 Å². The Kier molecular flexibility index (Phi) is 2.50. The van der Waals surface area contributed by atoms with Crippen LogP contribution in [0.15, 0.2) is 18.3 Å². The summed E-state index contributed by atoms with van der Waals surface area (Å²) in [5.41, 5.74) is 6.32. The first-order chi connectivity index (χ1) is 7.14. The Hall–Kier alpha value is -1.33. The zero-order valence-corrected chi connectivity index (χ0v) is 8.27. The Morgan fingerprint density at radius 2 is 2.47 bits per heavy atom. The third-order valence-corrected chi connectivity index (χ3v) is 2.85. The first-order valence-corrected chi connectivity index (χ1v) is 4.84. The minimum Gasteiger partial charge on any atom is -0.480 e. The average molecular weight is 210 g/mol. The monoisotopic (exact) mass is 210 g/mol. The number of hydrogen-bond acceptors (Lipinski definition) is 3. The number of rotatable bonds is 4. The Balaban J connectivity index is 2.13. The predicted molar refractivity (Wildman–Crippen MR) is 53.5 cm³/mol.